The predicted octanol–water partition coefficient (Wildman–Crippen LogP) is 1.98. The summed E-state index contributed by atoms with van der Waals surface area (Å²) in [5.74, 6) is 0. The van der Waals surface area contributed by atoms with Gasteiger partial charge < -0.3 is 10.1 Å². The van der Waals surface area contributed by atoms with E-state index >= 15 is 0 Å². The molecular weight excluding hydrogens is 202 g/mol. The number of aromatic nitrogens is 2. The Balaban J connectivity index is 2.26. The Labute approximate surface area is 98.0 Å². The molecule has 0 bridgehead atoms. The second kappa shape index (κ2) is 6.66. The van der Waals surface area contributed by atoms with Crippen LogP contribution in [0, 0.1) is 0 Å². The van der Waals surface area contributed by atoms with E-state index < -0.39 is 0 Å². The number of ether oxygens (including phenoxy) is 1. The molecule has 1 aromatic rings. The zero-order valence-corrected chi connectivity index (χ0v) is 10.7. The Kier molecular flexibility index (Phi) is 5.49. The molecule has 1 unspecified atom stereocenters. The molecule has 0 aliphatic heterocycles. The molecule has 0 spiro atoms. The van der Waals surface area contributed by atoms with Gasteiger partial charge in [-0.3, -0.25) is 4.68 Å². The molecule has 0 radical (unpaired) electrons. The third-order valence-corrected chi connectivity index (χ3v) is 2.40. The molecule has 0 aliphatic rings. The molecule has 0 fully saturated rings. The van der Waals surface area contributed by atoms with Crippen LogP contribution < -0.4 is 5.32 Å². The summed E-state index contributed by atoms with van der Waals surface area (Å²) < 4.78 is 7.42. The largest absolute Gasteiger partial charge is 0.377 e. The van der Waals surface area contributed by atoms with Gasteiger partial charge in [0.25, 0.3) is 0 Å². The lowest BCUT2D eigenvalue weighted by Gasteiger charge is -2.11. The zero-order valence-electron chi connectivity index (χ0n) is 10.7. The minimum Gasteiger partial charge on any atom is -0.377 e. The Hall–Kier alpha value is -0.870. The first-order valence-corrected chi connectivity index (χ1v) is 5.98. The summed E-state index contributed by atoms with van der Waals surface area (Å²) in [4.78, 5) is 0. The van der Waals surface area contributed by atoms with Crippen molar-refractivity contribution in [1.82, 2.24) is 15.1 Å². The van der Waals surface area contributed by atoms with E-state index in [0.29, 0.717) is 6.04 Å². The quantitative estimate of drug-likeness (QED) is 0.771. The molecule has 0 amide bonds. The van der Waals surface area contributed by atoms with Gasteiger partial charge in [-0.2, -0.15) is 5.10 Å². The molecule has 1 N–H and O–H groups in total. The van der Waals surface area contributed by atoms with Crippen molar-refractivity contribution in [2.24, 2.45) is 0 Å². The summed E-state index contributed by atoms with van der Waals surface area (Å²) >= 11 is 0. The van der Waals surface area contributed by atoms with Gasteiger partial charge in [-0.05, 0) is 27.7 Å². The third kappa shape index (κ3) is 4.33. The lowest BCUT2D eigenvalue weighted by atomic mass is 10.3. The van der Waals surface area contributed by atoms with E-state index in [1.165, 1.54) is 5.56 Å². The van der Waals surface area contributed by atoms with Crippen LogP contribution in [0.25, 0.3) is 0 Å². The van der Waals surface area contributed by atoms with Crippen molar-refractivity contribution in [3.8, 4) is 0 Å². The van der Waals surface area contributed by atoms with E-state index in [1.807, 2.05) is 17.8 Å². The topological polar surface area (TPSA) is 39.1 Å². The van der Waals surface area contributed by atoms with Crippen LogP contribution in [0.2, 0.25) is 0 Å². The maximum absolute atomic E-state index is 5.44. The first-order chi connectivity index (χ1) is 7.63. The van der Waals surface area contributed by atoms with E-state index in [0.717, 1.165) is 19.7 Å². The Bertz CT molecular complexity index is 296. The van der Waals surface area contributed by atoms with Gasteiger partial charge in [0, 0.05) is 37.5 Å². The molecule has 16 heavy (non-hydrogen) atoms. The van der Waals surface area contributed by atoms with E-state index in [9.17, 15) is 0 Å². The van der Waals surface area contributed by atoms with Crippen LogP contribution in [0.3, 0.4) is 0 Å². The number of nitrogens with zero attached hydrogens (tertiary/aromatic N) is 2. The van der Waals surface area contributed by atoms with Crippen molar-refractivity contribution >= 4 is 0 Å². The number of hydrogen-bond acceptors (Lipinski definition) is 3. The number of hydrogen-bond donors (Lipinski definition) is 1. The first kappa shape index (κ1) is 13.2. The minimum atomic E-state index is 0.269. The molecule has 1 atom stereocenters. The van der Waals surface area contributed by atoms with Gasteiger partial charge >= 0.3 is 0 Å². The molecule has 92 valence electrons. The SMILES string of the molecule is CCOC(C)CNCc1cnn(C(C)C)c1. The fourth-order valence-corrected chi connectivity index (χ4v) is 1.51. The van der Waals surface area contributed by atoms with Crippen molar-refractivity contribution in [2.45, 2.75) is 46.4 Å². The molecule has 0 aliphatic carbocycles. The summed E-state index contributed by atoms with van der Waals surface area (Å²) in [5, 5.41) is 7.66. The second-order valence-electron chi connectivity index (χ2n) is 4.32. The number of rotatable bonds is 7. The highest BCUT2D eigenvalue weighted by molar-refractivity contribution is 5.03. The molecule has 0 aromatic carbocycles. The molecule has 1 aromatic heterocycles. The number of nitrogens with one attached hydrogen (secondary N) is 1. The Morgan fingerprint density at radius 3 is 2.75 bits per heavy atom. The van der Waals surface area contributed by atoms with Gasteiger partial charge in [0.15, 0.2) is 0 Å². The van der Waals surface area contributed by atoms with Crippen LogP contribution in [0.15, 0.2) is 12.4 Å². The lowest BCUT2D eigenvalue weighted by Crippen LogP contribution is -2.26. The summed E-state index contributed by atoms with van der Waals surface area (Å²) in [6, 6.07) is 0.427. The maximum atomic E-state index is 5.44. The van der Waals surface area contributed by atoms with Gasteiger partial charge in [0.1, 0.15) is 0 Å². The van der Waals surface area contributed by atoms with Crippen molar-refractivity contribution in [3.63, 3.8) is 0 Å². The fourth-order valence-electron chi connectivity index (χ4n) is 1.51. The van der Waals surface area contributed by atoms with Crippen LogP contribution in [-0.2, 0) is 11.3 Å². The van der Waals surface area contributed by atoms with Gasteiger partial charge in [0.05, 0.1) is 12.3 Å². The third-order valence-electron chi connectivity index (χ3n) is 2.40. The van der Waals surface area contributed by atoms with Crippen molar-refractivity contribution in [2.75, 3.05) is 13.2 Å². The molecule has 1 heterocycles. The molecule has 1 rings (SSSR count). The second-order valence-corrected chi connectivity index (χ2v) is 4.32. The average molecular weight is 225 g/mol. The summed E-state index contributed by atoms with van der Waals surface area (Å²) in [6.45, 7) is 10.8. The molecule has 4 nitrogen and oxygen atoms in total. The molecule has 4 heteroatoms. The molecule has 0 saturated heterocycles. The van der Waals surface area contributed by atoms with Crippen LogP contribution in [0.4, 0.5) is 0 Å². The lowest BCUT2D eigenvalue weighted by molar-refractivity contribution is 0.0759. The average Bonchev–Trinajstić information content (AvgIpc) is 2.67. The maximum Gasteiger partial charge on any atom is 0.0671 e. The van der Waals surface area contributed by atoms with Crippen molar-refractivity contribution < 1.29 is 4.74 Å². The highest BCUT2D eigenvalue weighted by atomic mass is 16.5. The zero-order chi connectivity index (χ0) is 12.0. The van der Waals surface area contributed by atoms with Gasteiger partial charge in [-0.1, -0.05) is 0 Å². The minimum absolute atomic E-state index is 0.269. The van der Waals surface area contributed by atoms with Crippen LogP contribution in [-0.4, -0.2) is 29.0 Å². The summed E-state index contributed by atoms with van der Waals surface area (Å²) in [7, 11) is 0. The van der Waals surface area contributed by atoms with E-state index in [1.54, 1.807) is 0 Å². The van der Waals surface area contributed by atoms with Gasteiger partial charge in [0.2, 0.25) is 0 Å². The monoisotopic (exact) mass is 225 g/mol. The van der Waals surface area contributed by atoms with Crippen LogP contribution >= 0.6 is 0 Å². The smallest absolute Gasteiger partial charge is 0.0671 e. The predicted molar refractivity (Wildman–Crippen MR) is 65.4 cm³/mol. The molecular formula is C12H23N3O. The normalized spacial score (nSPS) is 13.3. The van der Waals surface area contributed by atoms with Gasteiger partial charge in [-0.15, -0.1) is 0 Å². The van der Waals surface area contributed by atoms with Gasteiger partial charge in [-0.25, -0.2) is 0 Å². The Morgan fingerprint density at radius 2 is 2.19 bits per heavy atom. The van der Waals surface area contributed by atoms with E-state index in [2.05, 4.69) is 37.4 Å². The van der Waals surface area contributed by atoms with E-state index in [4.69, 9.17) is 4.74 Å². The first-order valence-electron chi connectivity index (χ1n) is 5.98. The Morgan fingerprint density at radius 1 is 1.44 bits per heavy atom. The highest BCUT2D eigenvalue weighted by Gasteiger charge is 2.03. The standard InChI is InChI=1S/C12H23N3O/c1-5-16-11(4)6-13-7-12-8-14-15(9-12)10(2)3/h8-11,13H,5-7H2,1-4H3. The highest BCUT2D eigenvalue weighted by Crippen LogP contribution is 2.04. The summed E-state index contributed by atoms with van der Waals surface area (Å²) in [5.41, 5.74) is 1.22. The van der Waals surface area contributed by atoms with E-state index in [-0.39, 0.29) is 6.10 Å². The van der Waals surface area contributed by atoms with Crippen molar-refractivity contribution in [1.29, 1.82) is 0 Å². The van der Waals surface area contributed by atoms with Crippen molar-refractivity contribution in [3.05, 3.63) is 18.0 Å². The van der Waals surface area contributed by atoms with Crippen LogP contribution in [0.1, 0.15) is 39.3 Å². The fraction of sp³-hybridized carbons (Fsp3) is 0.750. The molecule has 0 saturated carbocycles. The van der Waals surface area contributed by atoms with Crippen LogP contribution in [0.5, 0.6) is 0 Å². The summed E-state index contributed by atoms with van der Waals surface area (Å²) in [6.07, 6.45) is 4.27.